The fourth-order valence-electron chi connectivity index (χ4n) is 4.58. The number of pyridine rings is 2. The summed E-state index contributed by atoms with van der Waals surface area (Å²) in [6.07, 6.45) is 7.09. The third-order valence-electron chi connectivity index (χ3n) is 5.75. The summed E-state index contributed by atoms with van der Waals surface area (Å²) >= 11 is 0. The second kappa shape index (κ2) is 5.70. The standard InChI is InChI=1S/C18H22N4O2/c1-24-17(23)18(11-19)6-12-9-22(10-13(12)7-18)16-3-5-21-15-8-20-4-2-14(15)16/h2-5,8,12-13H,6-7,9-11,19H2,1H3. The van der Waals surface area contributed by atoms with Crippen LogP contribution in [0.5, 0.6) is 0 Å². The van der Waals surface area contributed by atoms with Gasteiger partial charge in [-0.15, -0.1) is 0 Å². The van der Waals surface area contributed by atoms with Gasteiger partial charge in [0.05, 0.1) is 24.2 Å². The molecule has 2 aliphatic rings. The van der Waals surface area contributed by atoms with Crippen molar-refractivity contribution in [1.29, 1.82) is 0 Å². The second-order valence-corrected chi connectivity index (χ2v) is 7.03. The SMILES string of the molecule is COC(=O)C1(CN)CC2CN(c3ccnc4cnccc34)CC2C1. The number of esters is 1. The Kier molecular flexibility index (Phi) is 3.64. The Labute approximate surface area is 141 Å². The van der Waals surface area contributed by atoms with Gasteiger partial charge in [0.25, 0.3) is 0 Å². The molecule has 3 heterocycles. The first-order valence-electron chi connectivity index (χ1n) is 8.39. The van der Waals surface area contributed by atoms with E-state index >= 15 is 0 Å². The highest BCUT2D eigenvalue weighted by molar-refractivity contribution is 5.91. The lowest BCUT2D eigenvalue weighted by atomic mass is 9.84. The summed E-state index contributed by atoms with van der Waals surface area (Å²) in [5.41, 5.74) is 7.57. The van der Waals surface area contributed by atoms with E-state index in [4.69, 9.17) is 10.5 Å². The molecule has 126 valence electrons. The highest BCUT2D eigenvalue weighted by atomic mass is 16.5. The van der Waals surface area contributed by atoms with Crippen molar-refractivity contribution < 1.29 is 9.53 Å². The fraction of sp³-hybridized carbons (Fsp3) is 0.500. The number of ether oxygens (including phenoxy) is 1. The highest BCUT2D eigenvalue weighted by Crippen LogP contribution is 2.50. The number of hydrogen-bond acceptors (Lipinski definition) is 6. The van der Waals surface area contributed by atoms with Crippen LogP contribution in [0.4, 0.5) is 5.69 Å². The Balaban J connectivity index is 1.58. The van der Waals surface area contributed by atoms with Gasteiger partial charge in [-0.3, -0.25) is 14.8 Å². The van der Waals surface area contributed by atoms with Gasteiger partial charge in [0.15, 0.2) is 0 Å². The van der Waals surface area contributed by atoms with Gasteiger partial charge >= 0.3 is 5.97 Å². The summed E-state index contributed by atoms with van der Waals surface area (Å²) in [6.45, 7) is 2.27. The number of rotatable bonds is 3. The van der Waals surface area contributed by atoms with Crippen molar-refractivity contribution >= 4 is 22.6 Å². The van der Waals surface area contributed by atoms with Crippen molar-refractivity contribution in [2.75, 3.05) is 31.6 Å². The zero-order valence-electron chi connectivity index (χ0n) is 13.8. The third kappa shape index (κ3) is 2.24. The number of aromatic nitrogens is 2. The Morgan fingerprint density at radius 1 is 1.33 bits per heavy atom. The molecule has 6 heteroatoms. The van der Waals surface area contributed by atoms with Crippen LogP contribution in [0.25, 0.3) is 10.9 Å². The Morgan fingerprint density at radius 3 is 2.75 bits per heavy atom. The van der Waals surface area contributed by atoms with Crippen LogP contribution in [0.1, 0.15) is 12.8 Å². The van der Waals surface area contributed by atoms with Crippen molar-refractivity contribution in [1.82, 2.24) is 9.97 Å². The monoisotopic (exact) mass is 326 g/mol. The molecule has 6 nitrogen and oxygen atoms in total. The number of methoxy groups -OCH3 is 1. The summed E-state index contributed by atoms with van der Waals surface area (Å²) in [4.78, 5) is 23.1. The molecule has 2 aromatic rings. The van der Waals surface area contributed by atoms with E-state index in [1.54, 1.807) is 12.4 Å². The van der Waals surface area contributed by atoms with E-state index in [1.165, 1.54) is 12.8 Å². The van der Waals surface area contributed by atoms with Crippen LogP contribution in [0.3, 0.4) is 0 Å². The number of anilines is 1. The van der Waals surface area contributed by atoms with E-state index < -0.39 is 5.41 Å². The minimum atomic E-state index is -0.486. The minimum absolute atomic E-state index is 0.147. The summed E-state index contributed by atoms with van der Waals surface area (Å²) in [5, 5.41) is 1.13. The summed E-state index contributed by atoms with van der Waals surface area (Å²) in [5.74, 6) is 0.821. The number of carbonyl (C=O) groups excluding carboxylic acids is 1. The van der Waals surface area contributed by atoms with Crippen LogP contribution in [-0.2, 0) is 9.53 Å². The minimum Gasteiger partial charge on any atom is -0.469 e. The number of carbonyl (C=O) groups is 1. The quantitative estimate of drug-likeness (QED) is 0.863. The van der Waals surface area contributed by atoms with Crippen molar-refractivity contribution in [2.24, 2.45) is 23.0 Å². The maximum Gasteiger partial charge on any atom is 0.313 e. The van der Waals surface area contributed by atoms with Crippen LogP contribution in [0.2, 0.25) is 0 Å². The van der Waals surface area contributed by atoms with Crippen molar-refractivity contribution in [2.45, 2.75) is 12.8 Å². The Bertz CT molecular complexity index is 759. The molecular weight excluding hydrogens is 304 g/mol. The zero-order chi connectivity index (χ0) is 16.7. The van der Waals surface area contributed by atoms with Crippen molar-refractivity contribution in [3.63, 3.8) is 0 Å². The van der Waals surface area contributed by atoms with Gasteiger partial charge in [-0.1, -0.05) is 0 Å². The first-order chi connectivity index (χ1) is 11.7. The van der Waals surface area contributed by atoms with Gasteiger partial charge in [-0.25, -0.2) is 0 Å². The van der Waals surface area contributed by atoms with Crippen LogP contribution in [0.15, 0.2) is 30.7 Å². The average molecular weight is 326 g/mol. The molecule has 1 saturated carbocycles. The number of nitrogens with two attached hydrogens (primary N) is 1. The number of hydrogen-bond donors (Lipinski definition) is 1. The molecule has 2 atom stereocenters. The van der Waals surface area contributed by atoms with E-state index in [0.29, 0.717) is 18.4 Å². The molecule has 0 spiro atoms. The Hall–Kier alpha value is -2.21. The van der Waals surface area contributed by atoms with E-state index in [1.807, 2.05) is 12.3 Å². The van der Waals surface area contributed by atoms with E-state index in [-0.39, 0.29) is 5.97 Å². The van der Waals surface area contributed by atoms with Crippen LogP contribution in [-0.4, -0.2) is 42.7 Å². The number of nitrogens with zero attached hydrogens (tertiary/aromatic N) is 3. The molecule has 2 unspecified atom stereocenters. The lowest BCUT2D eigenvalue weighted by Crippen LogP contribution is -2.39. The van der Waals surface area contributed by atoms with Gasteiger partial charge in [-0.2, -0.15) is 0 Å². The molecule has 0 bridgehead atoms. The molecule has 0 amide bonds. The van der Waals surface area contributed by atoms with E-state index in [9.17, 15) is 4.79 Å². The van der Waals surface area contributed by atoms with Gasteiger partial charge in [0.2, 0.25) is 0 Å². The largest absolute Gasteiger partial charge is 0.469 e. The second-order valence-electron chi connectivity index (χ2n) is 7.03. The third-order valence-corrected chi connectivity index (χ3v) is 5.75. The maximum absolute atomic E-state index is 12.2. The molecule has 2 fully saturated rings. The van der Waals surface area contributed by atoms with Gasteiger partial charge in [0.1, 0.15) is 0 Å². The summed E-state index contributed by atoms with van der Waals surface area (Å²) in [7, 11) is 1.46. The van der Waals surface area contributed by atoms with Crippen LogP contribution >= 0.6 is 0 Å². The molecular formula is C18H22N4O2. The topological polar surface area (TPSA) is 81.3 Å². The molecule has 2 N–H and O–H groups in total. The summed E-state index contributed by atoms with van der Waals surface area (Å²) < 4.78 is 5.02. The smallest absolute Gasteiger partial charge is 0.313 e. The van der Waals surface area contributed by atoms with Gasteiger partial charge < -0.3 is 15.4 Å². The number of fused-ring (bicyclic) bond motifs is 2. The lowest BCUT2D eigenvalue weighted by Gasteiger charge is -2.28. The van der Waals surface area contributed by atoms with Crippen LogP contribution < -0.4 is 10.6 Å². The molecule has 1 aliphatic heterocycles. The molecule has 4 rings (SSSR count). The highest BCUT2D eigenvalue weighted by Gasteiger charge is 2.53. The van der Waals surface area contributed by atoms with Crippen LogP contribution in [0, 0.1) is 17.3 Å². The van der Waals surface area contributed by atoms with Gasteiger partial charge in [0, 0.05) is 43.1 Å². The first kappa shape index (κ1) is 15.3. The zero-order valence-corrected chi connectivity index (χ0v) is 13.8. The Morgan fingerprint density at radius 2 is 2.08 bits per heavy atom. The molecule has 1 saturated heterocycles. The normalized spacial score (nSPS) is 29.0. The predicted molar refractivity (Wildman–Crippen MR) is 91.5 cm³/mol. The fourth-order valence-corrected chi connectivity index (χ4v) is 4.58. The van der Waals surface area contributed by atoms with Gasteiger partial charge in [-0.05, 0) is 36.8 Å². The predicted octanol–water partition coefficient (Wildman–Crippen LogP) is 1.59. The van der Waals surface area contributed by atoms with Crippen molar-refractivity contribution in [3.8, 4) is 0 Å². The summed E-state index contributed by atoms with van der Waals surface area (Å²) in [6, 6.07) is 4.09. The van der Waals surface area contributed by atoms with Crippen molar-refractivity contribution in [3.05, 3.63) is 30.7 Å². The molecule has 0 radical (unpaired) electrons. The molecule has 0 aromatic carbocycles. The molecule has 2 aromatic heterocycles. The molecule has 1 aliphatic carbocycles. The molecule has 24 heavy (non-hydrogen) atoms. The lowest BCUT2D eigenvalue weighted by molar-refractivity contribution is -0.152. The van der Waals surface area contributed by atoms with E-state index in [0.717, 1.165) is 36.8 Å². The average Bonchev–Trinajstić information content (AvgIpc) is 3.17. The maximum atomic E-state index is 12.2. The van der Waals surface area contributed by atoms with E-state index in [2.05, 4.69) is 20.9 Å². The first-order valence-corrected chi connectivity index (χ1v) is 8.39.